The minimum atomic E-state index is -0.390. The van der Waals surface area contributed by atoms with E-state index in [1.165, 1.54) is 6.21 Å². The number of nitrogens with one attached hydrogen (secondary N) is 2. The Labute approximate surface area is 160 Å². The number of anilines is 1. The number of halogens is 1. The second-order valence-electron chi connectivity index (χ2n) is 5.52. The zero-order chi connectivity index (χ0) is 19.1. The van der Waals surface area contributed by atoms with Crippen LogP contribution in [0.25, 0.3) is 0 Å². The lowest BCUT2D eigenvalue weighted by atomic mass is 10.1. The van der Waals surface area contributed by atoms with Crippen molar-refractivity contribution < 1.29 is 9.59 Å². The summed E-state index contributed by atoms with van der Waals surface area (Å²) in [7, 11) is 0. The predicted molar refractivity (Wildman–Crippen MR) is 105 cm³/mol. The van der Waals surface area contributed by atoms with Crippen molar-refractivity contribution in [3.05, 3.63) is 94.8 Å². The molecule has 0 unspecified atom stereocenters. The third kappa shape index (κ3) is 5.23. The number of nitrogens with zero attached hydrogens (tertiary/aromatic N) is 2. The van der Waals surface area contributed by atoms with Gasteiger partial charge in [0.2, 0.25) is 0 Å². The van der Waals surface area contributed by atoms with E-state index in [-0.39, 0.29) is 11.8 Å². The summed E-state index contributed by atoms with van der Waals surface area (Å²) in [5, 5.41) is 7.13. The highest BCUT2D eigenvalue weighted by atomic mass is 35.5. The fraction of sp³-hybridized carbons (Fsp3) is 0. The van der Waals surface area contributed by atoms with Crippen LogP contribution in [0.5, 0.6) is 0 Å². The summed E-state index contributed by atoms with van der Waals surface area (Å²) >= 11 is 5.90. The Bertz CT molecular complexity index is 990. The molecule has 2 aromatic carbocycles. The van der Waals surface area contributed by atoms with Crippen molar-refractivity contribution in [1.82, 2.24) is 10.4 Å². The summed E-state index contributed by atoms with van der Waals surface area (Å²) in [6, 6.07) is 16.7. The van der Waals surface area contributed by atoms with Crippen molar-refractivity contribution >= 4 is 35.3 Å². The van der Waals surface area contributed by atoms with E-state index in [0.717, 1.165) is 5.56 Å². The number of carbonyl (C=O) groups is 2. The molecule has 3 rings (SSSR count). The number of pyridine rings is 1. The standard InChI is InChI=1S/C20H15ClN4O2/c21-17-5-1-3-15(11-17)19(26)24-18-6-2-4-16(12-18)20(27)25-23-13-14-7-9-22-10-8-14/h1-13H,(H,24,26)(H,25,27)/b23-13-. The van der Waals surface area contributed by atoms with Gasteiger partial charge in [0.25, 0.3) is 11.8 Å². The molecule has 0 saturated heterocycles. The van der Waals surface area contributed by atoms with Crippen molar-refractivity contribution in [2.24, 2.45) is 5.10 Å². The van der Waals surface area contributed by atoms with Crippen LogP contribution in [0.4, 0.5) is 5.69 Å². The molecule has 134 valence electrons. The maximum Gasteiger partial charge on any atom is 0.271 e. The van der Waals surface area contributed by atoms with Crippen molar-refractivity contribution in [1.29, 1.82) is 0 Å². The highest BCUT2D eigenvalue weighted by molar-refractivity contribution is 6.31. The van der Waals surface area contributed by atoms with Crippen LogP contribution in [0.3, 0.4) is 0 Å². The molecular weight excluding hydrogens is 364 g/mol. The number of aromatic nitrogens is 1. The summed E-state index contributed by atoms with van der Waals surface area (Å²) in [6.45, 7) is 0. The average Bonchev–Trinajstić information content (AvgIpc) is 2.69. The van der Waals surface area contributed by atoms with Gasteiger partial charge in [-0.15, -0.1) is 0 Å². The van der Waals surface area contributed by atoms with Crippen LogP contribution in [-0.4, -0.2) is 23.0 Å². The van der Waals surface area contributed by atoms with Gasteiger partial charge in [0.05, 0.1) is 6.21 Å². The number of carbonyl (C=O) groups excluding carboxylic acids is 2. The molecule has 0 atom stereocenters. The third-order valence-corrected chi connectivity index (χ3v) is 3.79. The molecule has 1 heterocycles. The Kier molecular flexibility index (Phi) is 5.91. The van der Waals surface area contributed by atoms with E-state index in [4.69, 9.17) is 11.6 Å². The summed E-state index contributed by atoms with van der Waals surface area (Å²) < 4.78 is 0. The van der Waals surface area contributed by atoms with E-state index in [9.17, 15) is 9.59 Å². The maximum absolute atomic E-state index is 12.3. The molecule has 0 aliphatic rings. The van der Waals surface area contributed by atoms with Gasteiger partial charge in [0.15, 0.2) is 0 Å². The SMILES string of the molecule is O=C(N/N=C\c1ccncc1)c1cccc(NC(=O)c2cccc(Cl)c2)c1. The molecule has 27 heavy (non-hydrogen) atoms. The van der Waals surface area contributed by atoms with Gasteiger partial charge in [-0.05, 0) is 54.1 Å². The lowest BCUT2D eigenvalue weighted by molar-refractivity contribution is 0.0953. The number of hydrogen-bond donors (Lipinski definition) is 2. The van der Waals surface area contributed by atoms with Crippen LogP contribution >= 0.6 is 11.6 Å². The summed E-state index contributed by atoms with van der Waals surface area (Å²) in [5.74, 6) is -0.704. The predicted octanol–water partition coefficient (Wildman–Crippen LogP) is 3.75. The van der Waals surface area contributed by atoms with Crippen molar-refractivity contribution in [3.63, 3.8) is 0 Å². The van der Waals surface area contributed by atoms with Crippen LogP contribution in [0.2, 0.25) is 5.02 Å². The van der Waals surface area contributed by atoms with Crippen LogP contribution in [0, 0.1) is 0 Å². The normalized spacial score (nSPS) is 10.6. The molecule has 0 radical (unpaired) electrons. The summed E-state index contributed by atoms with van der Waals surface area (Å²) in [4.78, 5) is 28.4. The first-order valence-corrected chi connectivity index (χ1v) is 8.40. The molecule has 0 saturated carbocycles. The minimum absolute atomic E-state index is 0.314. The molecule has 2 amide bonds. The molecular formula is C20H15ClN4O2. The number of rotatable bonds is 5. The van der Waals surface area contributed by atoms with Gasteiger partial charge in [0, 0.05) is 34.2 Å². The number of hydrazone groups is 1. The molecule has 2 N–H and O–H groups in total. The highest BCUT2D eigenvalue weighted by Crippen LogP contribution is 2.15. The van der Waals surface area contributed by atoms with Gasteiger partial charge in [-0.1, -0.05) is 23.7 Å². The quantitative estimate of drug-likeness (QED) is 0.524. The number of amides is 2. The van der Waals surface area contributed by atoms with Crippen LogP contribution in [0.15, 0.2) is 78.2 Å². The van der Waals surface area contributed by atoms with Gasteiger partial charge in [-0.25, -0.2) is 5.43 Å². The minimum Gasteiger partial charge on any atom is -0.322 e. The molecule has 0 aliphatic heterocycles. The fourth-order valence-corrected chi connectivity index (χ4v) is 2.44. The van der Waals surface area contributed by atoms with E-state index in [1.807, 2.05) is 0 Å². The van der Waals surface area contributed by atoms with Crippen LogP contribution in [-0.2, 0) is 0 Å². The van der Waals surface area contributed by atoms with E-state index in [1.54, 1.807) is 73.1 Å². The maximum atomic E-state index is 12.3. The smallest absolute Gasteiger partial charge is 0.271 e. The molecule has 0 bridgehead atoms. The number of benzene rings is 2. The largest absolute Gasteiger partial charge is 0.322 e. The summed E-state index contributed by atoms with van der Waals surface area (Å²) in [6.07, 6.45) is 4.79. The zero-order valence-corrected chi connectivity index (χ0v) is 14.9. The Morgan fingerprint density at radius 3 is 2.37 bits per heavy atom. The average molecular weight is 379 g/mol. The molecule has 1 aromatic heterocycles. The Hall–Kier alpha value is -3.51. The summed E-state index contributed by atoms with van der Waals surface area (Å²) in [5.41, 5.74) is 4.55. The van der Waals surface area contributed by atoms with Gasteiger partial charge in [-0.2, -0.15) is 5.10 Å². The second-order valence-corrected chi connectivity index (χ2v) is 5.96. The van der Waals surface area contributed by atoms with E-state index >= 15 is 0 Å². The zero-order valence-electron chi connectivity index (χ0n) is 14.1. The fourth-order valence-electron chi connectivity index (χ4n) is 2.25. The molecule has 3 aromatic rings. The molecule has 0 spiro atoms. The van der Waals surface area contributed by atoms with E-state index < -0.39 is 0 Å². The third-order valence-electron chi connectivity index (χ3n) is 3.56. The highest BCUT2D eigenvalue weighted by Gasteiger charge is 2.09. The van der Waals surface area contributed by atoms with E-state index in [2.05, 4.69) is 20.8 Å². The molecule has 6 nitrogen and oxygen atoms in total. The van der Waals surface area contributed by atoms with Gasteiger partial charge < -0.3 is 5.32 Å². The lowest BCUT2D eigenvalue weighted by Gasteiger charge is -2.07. The first-order valence-electron chi connectivity index (χ1n) is 8.02. The molecule has 7 heteroatoms. The first-order chi connectivity index (χ1) is 13.1. The lowest BCUT2D eigenvalue weighted by Crippen LogP contribution is -2.18. The van der Waals surface area contributed by atoms with Gasteiger partial charge >= 0.3 is 0 Å². The van der Waals surface area contributed by atoms with Crippen LogP contribution in [0.1, 0.15) is 26.3 Å². The Morgan fingerprint density at radius 2 is 1.63 bits per heavy atom. The first kappa shape index (κ1) is 18.3. The van der Waals surface area contributed by atoms with Gasteiger partial charge in [0.1, 0.15) is 0 Å². The molecule has 0 aliphatic carbocycles. The van der Waals surface area contributed by atoms with Crippen LogP contribution < -0.4 is 10.7 Å². The van der Waals surface area contributed by atoms with Gasteiger partial charge in [-0.3, -0.25) is 14.6 Å². The topological polar surface area (TPSA) is 83.4 Å². The van der Waals surface area contributed by atoms with Crippen molar-refractivity contribution in [2.45, 2.75) is 0 Å². The Balaban J connectivity index is 1.65. The number of hydrogen-bond acceptors (Lipinski definition) is 4. The molecule has 0 fully saturated rings. The second kappa shape index (κ2) is 8.73. The van der Waals surface area contributed by atoms with Crippen molar-refractivity contribution in [2.75, 3.05) is 5.32 Å². The van der Waals surface area contributed by atoms with Crippen molar-refractivity contribution in [3.8, 4) is 0 Å². The Morgan fingerprint density at radius 1 is 0.926 bits per heavy atom. The van der Waals surface area contributed by atoms with E-state index in [0.29, 0.717) is 21.8 Å². The monoisotopic (exact) mass is 378 g/mol.